The molecule has 2 aromatic rings. The zero-order valence-electron chi connectivity index (χ0n) is 11.0. The van der Waals surface area contributed by atoms with Gasteiger partial charge >= 0.3 is 6.03 Å². The van der Waals surface area contributed by atoms with E-state index in [9.17, 15) is 9.18 Å². The van der Waals surface area contributed by atoms with E-state index in [2.05, 4.69) is 15.3 Å². The summed E-state index contributed by atoms with van der Waals surface area (Å²) in [6.45, 7) is 5.39. The smallest absolute Gasteiger partial charge is 0.317 e. The van der Waals surface area contributed by atoms with Crippen molar-refractivity contribution in [3.63, 3.8) is 0 Å². The van der Waals surface area contributed by atoms with Crippen LogP contribution in [0.3, 0.4) is 0 Å². The second-order valence-corrected chi connectivity index (χ2v) is 4.15. The summed E-state index contributed by atoms with van der Waals surface area (Å²) in [7, 11) is 0. The highest BCUT2D eigenvalue weighted by atomic mass is 19.1. The van der Waals surface area contributed by atoms with E-state index >= 15 is 0 Å². The Kier molecular flexibility index (Phi) is 3.99. The summed E-state index contributed by atoms with van der Waals surface area (Å²) in [6.07, 6.45) is 0. The fourth-order valence-electron chi connectivity index (χ4n) is 1.91. The Hall–Kier alpha value is -2.11. The van der Waals surface area contributed by atoms with Gasteiger partial charge < -0.3 is 15.2 Å². The quantitative estimate of drug-likeness (QED) is 0.889. The molecule has 0 atom stereocenters. The number of nitrogens with zero attached hydrogens (tertiary/aromatic N) is 2. The Morgan fingerprint density at radius 2 is 2.16 bits per heavy atom. The normalized spacial score (nSPS) is 10.7. The number of urea groups is 1. The molecule has 2 amide bonds. The van der Waals surface area contributed by atoms with Crippen LogP contribution in [0.2, 0.25) is 0 Å². The van der Waals surface area contributed by atoms with Crippen LogP contribution in [0.15, 0.2) is 18.2 Å². The van der Waals surface area contributed by atoms with Gasteiger partial charge in [0.2, 0.25) is 0 Å². The van der Waals surface area contributed by atoms with E-state index in [-0.39, 0.29) is 18.4 Å². The van der Waals surface area contributed by atoms with Gasteiger partial charge in [0.1, 0.15) is 11.3 Å². The number of halogens is 1. The van der Waals surface area contributed by atoms with Crippen molar-refractivity contribution in [1.82, 2.24) is 20.2 Å². The highest BCUT2D eigenvalue weighted by molar-refractivity contribution is 5.76. The van der Waals surface area contributed by atoms with Gasteiger partial charge in [0.25, 0.3) is 0 Å². The average Bonchev–Trinajstić information content (AvgIpc) is 2.82. The van der Waals surface area contributed by atoms with Gasteiger partial charge in [-0.3, -0.25) is 0 Å². The number of aromatic nitrogens is 2. The molecule has 102 valence electrons. The molecular formula is C13H17FN4O. The molecule has 2 rings (SSSR count). The molecule has 1 heterocycles. The Bertz CT molecular complexity index is 577. The van der Waals surface area contributed by atoms with Gasteiger partial charge in [-0.25, -0.2) is 14.2 Å². The lowest BCUT2D eigenvalue weighted by atomic mass is 10.3. The number of H-pyrrole nitrogens is 1. The zero-order valence-corrected chi connectivity index (χ0v) is 11.0. The number of nitrogens with one attached hydrogen (secondary N) is 2. The van der Waals surface area contributed by atoms with Crippen LogP contribution in [0.5, 0.6) is 0 Å². The molecule has 0 aliphatic rings. The number of fused-ring (bicyclic) bond motifs is 1. The second kappa shape index (κ2) is 5.69. The van der Waals surface area contributed by atoms with Crippen LogP contribution in [0.1, 0.15) is 19.7 Å². The van der Waals surface area contributed by atoms with Crippen LogP contribution in [0.25, 0.3) is 11.0 Å². The van der Waals surface area contributed by atoms with Crippen LogP contribution >= 0.6 is 0 Å². The zero-order chi connectivity index (χ0) is 13.8. The number of aromatic amines is 1. The minimum atomic E-state index is -0.366. The van der Waals surface area contributed by atoms with Gasteiger partial charge in [0.15, 0.2) is 5.82 Å². The molecule has 0 unspecified atom stereocenters. The van der Waals surface area contributed by atoms with Crippen molar-refractivity contribution < 1.29 is 9.18 Å². The van der Waals surface area contributed by atoms with Crippen molar-refractivity contribution in [3.8, 4) is 0 Å². The fourth-order valence-corrected chi connectivity index (χ4v) is 1.91. The van der Waals surface area contributed by atoms with Crippen LogP contribution in [0.4, 0.5) is 9.18 Å². The molecule has 0 saturated carbocycles. The van der Waals surface area contributed by atoms with Gasteiger partial charge in [-0.2, -0.15) is 0 Å². The number of carbonyl (C=O) groups is 1. The predicted molar refractivity (Wildman–Crippen MR) is 71.2 cm³/mol. The van der Waals surface area contributed by atoms with Crippen LogP contribution in [-0.4, -0.2) is 34.0 Å². The molecule has 6 heteroatoms. The number of hydrogen-bond donors (Lipinski definition) is 2. The van der Waals surface area contributed by atoms with Gasteiger partial charge in [-0.15, -0.1) is 0 Å². The molecule has 2 N–H and O–H groups in total. The summed E-state index contributed by atoms with van der Waals surface area (Å²) in [5, 5.41) is 2.75. The number of para-hydroxylation sites is 1. The molecule has 1 aromatic carbocycles. The fraction of sp³-hybridized carbons (Fsp3) is 0.385. The maximum absolute atomic E-state index is 13.5. The lowest BCUT2D eigenvalue weighted by Crippen LogP contribution is -2.39. The first-order chi connectivity index (χ1) is 9.15. The number of hydrogen-bond acceptors (Lipinski definition) is 2. The average molecular weight is 264 g/mol. The Balaban J connectivity index is 2.06. The molecule has 0 saturated heterocycles. The highest BCUT2D eigenvalue weighted by Gasteiger charge is 2.11. The first-order valence-corrected chi connectivity index (χ1v) is 6.31. The summed E-state index contributed by atoms with van der Waals surface area (Å²) in [6, 6.07) is 4.59. The van der Waals surface area contributed by atoms with Crippen molar-refractivity contribution in [2.24, 2.45) is 0 Å². The van der Waals surface area contributed by atoms with Crippen molar-refractivity contribution in [1.29, 1.82) is 0 Å². The van der Waals surface area contributed by atoms with Crippen molar-refractivity contribution in [2.45, 2.75) is 20.4 Å². The van der Waals surface area contributed by atoms with Crippen molar-refractivity contribution >= 4 is 17.1 Å². The number of carbonyl (C=O) groups excluding carboxylic acids is 1. The molecule has 1 aromatic heterocycles. The van der Waals surface area contributed by atoms with E-state index in [0.29, 0.717) is 29.9 Å². The number of rotatable bonds is 4. The van der Waals surface area contributed by atoms with Crippen LogP contribution in [0, 0.1) is 5.82 Å². The van der Waals surface area contributed by atoms with Gasteiger partial charge in [-0.05, 0) is 26.0 Å². The van der Waals surface area contributed by atoms with E-state index in [0.717, 1.165) is 0 Å². The van der Waals surface area contributed by atoms with E-state index in [1.54, 1.807) is 17.0 Å². The lowest BCUT2D eigenvalue weighted by molar-refractivity contribution is 0.202. The number of amides is 2. The first kappa shape index (κ1) is 13.3. The summed E-state index contributed by atoms with van der Waals surface area (Å²) in [5.41, 5.74) is 0.932. The molecule has 0 fully saturated rings. The molecule has 0 bridgehead atoms. The number of imidazole rings is 1. The molecule has 5 nitrogen and oxygen atoms in total. The van der Waals surface area contributed by atoms with E-state index < -0.39 is 0 Å². The summed E-state index contributed by atoms with van der Waals surface area (Å²) >= 11 is 0. The third-order valence-corrected chi connectivity index (χ3v) is 2.97. The SMILES string of the molecule is CCN(CC)C(=O)NCc1nc2c(F)cccc2[nH]1. The predicted octanol–water partition coefficient (Wildman–Crippen LogP) is 2.25. The van der Waals surface area contributed by atoms with Crippen LogP contribution < -0.4 is 5.32 Å². The standard InChI is InChI=1S/C13H17FN4O/c1-3-18(4-2)13(19)15-8-11-16-10-7-5-6-9(14)12(10)17-11/h5-7H,3-4,8H2,1-2H3,(H,15,19)(H,16,17). The Morgan fingerprint density at radius 1 is 1.42 bits per heavy atom. The molecule has 0 aliphatic carbocycles. The maximum Gasteiger partial charge on any atom is 0.317 e. The molecule has 0 radical (unpaired) electrons. The van der Waals surface area contributed by atoms with Crippen LogP contribution in [-0.2, 0) is 6.54 Å². The molecular weight excluding hydrogens is 247 g/mol. The minimum Gasteiger partial charge on any atom is -0.340 e. The number of benzene rings is 1. The topological polar surface area (TPSA) is 61.0 Å². The minimum absolute atomic E-state index is 0.147. The summed E-state index contributed by atoms with van der Waals surface area (Å²) in [5.74, 6) is 0.177. The van der Waals surface area contributed by atoms with E-state index in [1.165, 1.54) is 6.07 Å². The Morgan fingerprint density at radius 3 is 2.79 bits per heavy atom. The largest absolute Gasteiger partial charge is 0.340 e. The van der Waals surface area contributed by atoms with Gasteiger partial charge in [-0.1, -0.05) is 6.07 Å². The monoisotopic (exact) mass is 264 g/mol. The van der Waals surface area contributed by atoms with Gasteiger partial charge in [0.05, 0.1) is 12.1 Å². The van der Waals surface area contributed by atoms with Gasteiger partial charge in [0, 0.05) is 13.1 Å². The van der Waals surface area contributed by atoms with Crippen molar-refractivity contribution in [3.05, 3.63) is 29.8 Å². The third kappa shape index (κ3) is 2.83. The Labute approximate surface area is 110 Å². The van der Waals surface area contributed by atoms with E-state index in [1.807, 2.05) is 13.8 Å². The highest BCUT2D eigenvalue weighted by Crippen LogP contribution is 2.14. The van der Waals surface area contributed by atoms with E-state index in [4.69, 9.17) is 0 Å². The molecule has 19 heavy (non-hydrogen) atoms. The summed E-state index contributed by atoms with van der Waals surface area (Å²) in [4.78, 5) is 20.5. The second-order valence-electron chi connectivity index (χ2n) is 4.15. The molecule has 0 aliphatic heterocycles. The lowest BCUT2D eigenvalue weighted by Gasteiger charge is -2.18. The van der Waals surface area contributed by atoms with Crippen molar-refractivity contribution in [2.75, 3.05) is 13.1 Å². The maximum atomic E-state index is 13.5. The first-order valence-electron chi connectivity index (χ1n) is 6.31. The summed E-state index contributed by atoms with van der Waals surface area (Å²) < 4.78 is 13.5. The third-order valence-electron chi connectivity index (χ3n) is 2.97. The molecule has 0 spiro atoms.